The average Bonchev–Trinajstić information content (AvgIpc) is 2.85. The molecule has 0 radical (unpaired) electrons. The zero-order valence-corrected chi connectivity index (χ0v) is 24.2. The zero-order chi connectivity index (χ0) is 26.3. The number of benzene rings is 2. The van der Waals surface area contributed by atoms with Crippen LogP contribution >= 0.6 is 11.6 Å². The highest BCUT2D eigenvalue weighted by Crippen LogP contribution is 2.26. The summed E-state index contributed by atoms with van der Waals surface area (Å²) in [5.74, 6) is 3.81. The second-order valence-electron chi connectivity index (χ2n) is 11.5. The largest absolute Gasteiger partial charge is 0.494 e. The van der Waals surface area contributed by atoms with Gasteiger partial charge >= 0.3 is 0 Å². The minimum absolute atomic E-state index is 0.0749. The van der Waals surface area contributed by atoms with Crippen LogP contribution in [0.1, 0.15) is 115 Å². The number of carbonyl (C=O) groups excluding carboxylic acids is 1. The van der Waals surface area contributed by atoms with Gasteiger partial charge in [0.15, 0.2) is 5.78 Å². The number of rotatable bonds is 18. The quantitative estimate of drug-likeness (QED) is 0.186. The van der Waals surface area contributed by atoms with Gasteiger partial charge in [0, 0.05) is 11.1 Å². The number of hydrogen-bond acceptors (Lipinski definition) is 2. The summed E-state index contributed by atoms with van der Waals surface area (Å²) < 4.78 is 5.99. The normalized spacial score (nSPS) is 14.0. The number of carbonyl (C=O) groups is 1. The van der Waals surface area contributed by atoms with E-state index in [2.05, 4.69) is 34.6 Å². The van der Waals surface area contributed by atoms with Gasteiger partial charge in [-0.05, 0) is 48.3 Å². The van der Waals surface area contributed by atoms with E-state index in [1.807, 2.05) is 36.4 Å². The van der Waals surface area contributed by atoms with Crippen LogP contribution in [0, 0.1) is 23.7 Å². The van der Waals surface area contributed by atoms with Crippen LogP contribution in [0.5, 0.6) is 5.75 Å². The third-order valence-electron chi connectivity index (χ3n) is 7.36. The third kappa shape index (κ3) is 12.0. The van der Waals surface area contributed by atoms with Crippen molar-refractivity contribution < 1.29 is 9.53 Å². The summed E-state index contributed by atoms with van der Waals surface area (Å²) in [5.41, 5.74) is 1.13. The predicted octanol–water partition coefficient (Wildman–Crippen LogP) is 10.4. The van der Waals surface area contributed by atoms with E-state index >= 15 is 0 Å². The fourth-order valence-corrected chi connectivity index (χ4v) is 5.03. The first-order valence-electron chi connectivity index (χ1n) is 14.3. The Kier molecular flexibility index (Phi) is 14.2. The van der Waals surface area contributed by atoms with Gasteiger partial charge in [0.05, 0.1) is 11.6 Å². The monoisotopic (exact) mass is 512 g/mol. The van der Waals surface area contributed by atoms with Crippen LogP contribution in [0.15, 0.2) is 48.5 Å². The molecule has 0 spiro atoms. The highest BCUT2D eigenvalue weighted by Gasteiger charge is 2.14. The molecule has 0 bridgehead atoms. The molecule has 36 heavy (non-hydrogen) atoms. The lowest BCUT2D eigenvalue weighted by molar-refractivity contribution is 0.103. The van der Waals surface area contributed by atoms with E-state index in [1.165, 1.54) is 57.8 Å². The van der Waals surface area contributed by atoms with Gasteiger partial charge in [-0.25, -0.2) is 0 Å². The van der Waals surface area contributed by atoms with Gasteiger partial charge in [-0.3, -0.25) is 4.79 Å². The van der Waals surface area contributed by atoms with Crippen molar-refractivity contribution in [1.29, 1.82) is 0 Å². The van der Waals surface area contributed by atoms with E-state index < -0.39 is 0 Å². The Balaban J connectivity index is 1.62. The van der Waals surface area contributed by atoms with Gasteiger partial charge in [-0.2, -0.15) is 0 Å². The third-order valence-corrected chi connectivity index (χ3v) is 7.69. The molecule has 0 saturated heterocycles. The lowest BCUT2D eigenvalue weighted by atomic mass is 9.91. The van der Waals surface area contributed by atoms with E-state index in [4.69, 9.17) is 16.3 Å². The Hall–Kier alpha value is -1.80. The Bertz CT molecular complexity index is 877. The second-order valence-corrected chi connectivity index (χ2v) is 11.9. The molecule has 2 aromatic rings. The van der Waals surface area contributed by atoms with E-state index in [-0.39, 0.29) is 5.78 Å². The Morgan fingerprint density at radius 3 is 1.81 bits per heavy atom. The van der Waals surface area contributed by atoms with Crippen molar-refractivity contribution in [3.8, 4) is 5.75 Å². The summed E-state index contributed by atoms with van der Waals surface area (Å²) in [6.45, 7) is 12.5. The lowest BCUT2D eigenvalue weighted by Crippen LogP contribution is -2.07. The van der Waals surface area contributed by atoms with Crippen molar-refractivity contribution in [1.82, 2.24) is 0 Å². The van der Waals surface area contributed by atoms with Crippen LogP contribution in [-0.4, -0.2) is 12.4 Å². The molecular weight excluding hydrogens is 464 g/mol. The van der Waals surface area contributed by atoms with E-state index in [0.717, 1.165) is 24.2 Å². The molecule has 3 atom stereocenters. The molecule has 0 aliphatic rings. The van der Waals surface area contributed by atoms with Crippen molar-refractivity contribution in [3.05, 3.63) is 64.7 Å². The molecule has 0 fully saturated rings. The maximum atomic E-state index is 12.8. The van der Waals surface area contributed by atoms with Crippen LogP contribution in [0.25, 0.3) is 0 Å². The smallest absolute Gasteiger partial charge is 0.194 e. The van der Waals surface area contributed by atoms with Crippen LogP contribution in [0.2, 0.25) is 5.02 Å². The summed E-state index contributed by atoms with van der Waals surface area (Å²) in [7, 11) is 0. The van der Waals surface area contributed by atoms with Crippen molar-refractivity contribution in [2.45, 2.75) is 98.8 Å². The first-order valence-corrected chi connectivity index (χ1v) is 14.7. The maximum Gasteiger partial charge on any atom is 0.194 e. The molecular formula is C33H49ClO2. The molecule has 0 amide bonds. The zero-order valence-electron chi connectivity index (χ0n) is 23.4. The molecule has 200 valence electrons. The van der Waals surface area contributed by atoms with Crippen LogP contribution in [0.3, 0.4) is 0 Å². The molecule has 0 aromatic heterocycles. The fraction of sp³-hybridized carbons (Fsp3) is 0.606. The minimum Gasteiger partial charge on any atom is -0.494 e. The van der Waals surface area contributed by atoms with Gasteiger partial charge in [-0.15, -0.1) is 0 Å². The Morgan fingerprint density at radius 2 is 1.25 bits per heavy atom. The summed E-state index contributed by atoms with van der Waals surface area (Å²) in [5, 5.41) is 0.458. The Morgan fingerprint density at radius 1 is 0.722 bits per heavy atom. The first kappa shape index (κ1) is 30.4. The van der Waals surface area contributed by atoms with Crippen LogP contribution in [-0.2, 0) is 0 Å². The first-order chi connectivity index (χ1) is 17.3. The Labute approximate surface area is 226 Å². The number of ketones is 1. The van der Waals surface area contributed by atoms with Gasteiger partial charge in [0.2, 0.25) is 0 Å². The standard InChI is InChI=1S/C33H49ClO2/c1-25(2)12-9-13-26(3)14-10-15-27(4)16-11-17-28(5)22-23-36-30-20-21-32(34)31(24-30)33(35)29-18-7-6-8-19-29/h6-8,18-21,24-28H,9-17,22-23H2,1-5H3. The molecule has 0 N–H and O–H groups in total. The summed E-state index contributed by atoms with van der Waals surface area (Å²) in [4.78, 5) is 12.8. The highest BCUT2D eigenvalue weighted by atomic mass is 35.5. The van der Waals surface area contributed by atoms with Crippen molar-refractivity contribution >= 4 is 17.4 Å². The summed E-state index contributed by atoms with van der Waals surface area (Å²) in [6, 6.07) is 14.6. The molecule has 3 heteroatoms. The number of hydrogen-bond donors (Lipinski definition) is 0. The molecule has 3 unspecified atom stereocenters. The minimum atomic E-state index is -0.0749. The predicted molar refractivity (Wildman–Crippen MR) is 155 cm³/mol. The molecule has 2 nitrogen and oxygen atoms in total. The van der Waals surface area contributed by atoms with Crippen LogP contribution in [0.4, 0.5) is 0 Å². The molecule has 2 rings (SSSR count). The van der Waals surface area contributed by atoms with Gasteiger partial charge in [0.25, 0.3) is 0 Å². The molecule has 0 saturated carbocycles. The van der Waals surface area contributed by atoms with Crippen LogP contribution < -0.4 is 4.74 Å². The van der Waals surface area contributed by atoms with Gasteiger partial charge in [-0.1, -0.05) is 134 Å². The number of ether oxygens (including phenoxy) is 1. The molecule has 0 aliphatic heterocycles. The number of halogens is 1. The second kappa shape index (κ2) is 16.8. The summed E-state index contributed by atoms with van der Waals surface area (Å²) in [6.07, 6.45) is 13.2. The van der Waals surface area contributed by atoms with E-state index in [1.54, 1.807) is 12.1 Å². The van der Waals surface area contributed by atoms with E-state index in [9.17, 15) is 4.79 Å². The molecule has 2 aromatic carbocycles. The van der Waals surface area contributed by atoms with Gasteiger partial charge in [0.1, 0.15) is 5.75 Å². The highest BCUT2D eigenvalue weighted by molar-refractivity contribution is 6.35. The topological polar surface area (TPSA) is 26.3 Å². The summed E-state index contributed by atoms with van der Waals surface area (Å²) >= 11 is 6.31. The lowest BCUT2D eigenvalue weighted by Gasteiger charge is -2.16. The fourth-order valence-electron chi connectivity index (χ4n) is 4.83. The molecule has 0 aliphatic carbocycles. The molecule has 0 heterocycles. The van der Waals surface area contributed by atoms with Crippen molar-refractivity contribution in [2.24, 2.45) is 23.7 Å². The van der Waals surface area contributed by atoms with E-state index in [0.29, 0.717) is 34.4 Å². The van der Waals surface area contributed by atoms with Gasteiger partial charge < -0.3 is 4.74 Å². The van der Waals surface area contributed by atoms with Crippen molar-refractivity contribution in [2.75, 3.05) is 6.61 Å². The van der Waals surface area contributed by atoms with Crippen molar-refractivity contribution in [3.63, 3.8) is 0 Å². The maximum absolute atomic E-state index is 12.8. The SMILES string of the molecule is CC(C)CCCC(C)CCCC(C)CCCC(C)CCOc1ccc(Cl)c(C(=O)c2ccccc2)c1. The average molecular weight is 513 g/mol.